The van der Waals surface area contributed by atoms with Crippen molar-refractivity contribution in [1.82, 2.24) is 9.78 Å². The van der Waals surface area contributed by atoms with Crippen LogP contribution < -0.4 is 0 Å². The molecule has 0 aliphatic carbocycles. The average Bonchev–Trinajstić information content (AvgIpc) is 2.52. The Labute approximate surface area is 115 Å². The van der Waals surface area contributed by atoms with E-state index in [1.807, 2.05) is 23.5 Å². The van der Waals surface area contributed by atoms with E-state index in [4.69, 9.17) is 11.6 Å². The molecular formula is C11H18BrClN2S. The average molecular weight is 326 g/mol. The van der Waals surface area contributed by atoms with Crippen LogP contribution >= 0.6 is 39.3 Å². The van der Waals surface area contributed by atoms with Crippen molar-refractivity contribution in [3.8, 4) is 0 Å². The van der Waals surface area contributed by atoms with Crippen LogP contribution in [0.25, 0.3) is 0 Å². The number of aryl methyl sites for hydroxylation is 2. The molecule has 16 heavy (non-hydrogen) atoms. The summed E-state index contributed by atoms with van der Waals surface area (Å²) in [4.78, 5) is 0. The largest absolute Gasteiger partial charge is 0.270 e. The molecule has 92 valence electrons. The first kappa shape index (κ1) is 14.4. The number of alkyl halides is 1. The van der Waals surface area contributed by atoms with Gasteiger partial charge in [-0.25, -0.2) is 0 Å². The lowest BCUT2D eigenvalue weighted by Crippen LogP contribution is -2.01. The Balaban J connectivity index is 2.63. The molecule has 0 fully saturated rings. The van der Waals surface area contributed by atoms with Crippen LogP contribution in [0.2, 0.25) is 0 Å². The zero-order chi connectivity index (χ0) is 12.1. The van der Waals surface area contributed by atoms with E-state index in [1.54, 1.807) is 0 Å². The van der Waals surface area contributed by atoms with E-state index in [0.717, 1.165) is 30.2 Å². The van der Waals surface area contributed by atoms with Crippen molar-refractivity contribution < 1.29 is 0 Å². The number of thioether (sulfide) groups is 1. The molecule has 1 aromatic rings. The Morgan fingerprint density at radius 1 is 1.56 bits per heavy atom. The Hall–Kier alpha value is 0.330. The molecule has 2 nitrogen and oxygen atoms in total. The molecule has 0 aliphatic rings. The Bertz CT molecular complexity index is 341. The molecule has 0 amide bonds. The third-order valence-corrected chi connectivity index (χ3v) is 4.90. The van der Waals surface area contributed by atoms with Gasteiger partial charge in [-0.05, 0) is 28.8 Å². The number of hydrogen-bond donors (Lipinski definition) is 0. The van der Waals surface area contributed by atoms with Crippen molar-refractivity contribution in [2.75, 3.05) is 5.88 Å². The Morgan fingerprint density at radius 3 is 2.75 bits per heavy atom. The number of rotatable bonds is 6. The lowest BCUT2D eigenvalue weighted by atomic mass is 10.3. The first-order valence-electron chi connectivity index (χ1n) is 5.47. The minimum Gasteiger partial charge on any atom is -0.270 e. The van der Waals surface area contributed by atoms with Gasteiger partial charge in [-0.15, -0.1) is 11.6 Å². The second kappa shape index (κ2) is 6.92. The van der Waals surface area contributed by atoms with Crippen LogP contribution in [0.4, 0.5) is 0 Å². The third kappa shape index (κ3) is 3.67. The van der Waals surface area contributed by atoms with Gasteiger partial charge in [0.15, 0.2) is 0 Å². The second-order valence-electron chi connectivity index (χ2n) is 3.78. The molecule has 0 N–H and O–H groups in total. The van der Waals surface area contributed by atoms with E-state index in [9.17, 15) is 0 Å². The predicted molar refractivity (Wildman–Crippen MR) is 76.4 cm³/mol. The summed E-state index contributed by atoms with van der Waals surface area (Å²) in [5.41, 5.74) is 2.41. The maximum atomic E-state index is 5.73. The molecule has 0 aliphatic heterocycles. The van der Waals surface area contributed by atoms with Gasteiger partial charge in [0.2, 0.25) is 0 Å². The summed E-state index contributed by atoms with van der Waals surface area (Å²) in [6.07, 6.45) is 2.03. The zero-order valence-corrected chi connectivity index (χ0v) is 13.1. The van der Waals surface area contributed by atoms with Gasteiger partial charge in [-0.1, -0.05) is 13.8 Å². The highest BCUT2D eigenvalue weighted by Crippen LogP contribution is 2.27. The van der Waals surface area contributed by atoms with Crippen molar-refractivity contribution >= 4 is 39.3 Å². The summed E-state index contributed by atoms with van der Waals surface area (Å²) in [5.74, 6) is 1.73. The van der Waals surface area contributed by atoms with Crippen LogP contribution in [0, 0.1) is 0 Å². The standard InChI is InChI=1S/C11H18BrClN2S/c1-4-9-11(12)10(15(3)14-9)7-16-8(2)5-6-13/h8H,4-7H2,1-3H3. The molecular weight excluding hydrogens is 308 g/mol. The van der Waals surface area contributed by atoms with E-state index in [-0.39, 0.29) is 0 Å². The van der Waals surface area contributed by atoms with Gasteiger partial charge in [-0.2, -0.15) is 16.9 Å². The molecule has 0 radical (unpaired) electrons. The van der Waals surface area contributed by atoms with Crippen LogP contribution in [0.15, 0.2) is 4.47 Å². The highest BCUT2D eigenvalue weighted by atomic mass is 79.9. The van der Waals surface area contributed by atoms with Crippen molar-refractivity contribution in [1.29, 1.82) is 0 Å². The smallest absolute Gasteiger partial charge is 0.0767 e. The van der Waals surface area contributed by atoms with Crippen LogP contribution in [0.3, 0.4) is 0 Å². The summed E-state index contributed by atoms with van der Waals surface area (Å²) in [5, 5.41) is 5.08. The number of hydrogen-bond acceptors (Lipinski definition) is 2. The summed E-state index contributed by atoms with van der Waals surface area (Å²) in [6, 6.07) is 0. The monoisotopic (exact) mass is 324 g/mol. The molecule has 1 rings (SSSR count). The second-order valence-corrected chi connectivity index (χ2v) is 6.38. The summed E-state index contributed by atoms with van der Waals surface area (Å²) < 4.78 is 3.15. The van der Waals surface area contributed by atoms with E-state index < -0.39 is 0 Å². The SMILES string of the molecule is CCc1nn(C)c(CSC(C)CCCl)c1Br. The summed E-state index contributed by atoms with van der Waals surface area (Å²) in [7, 11) is 2.01. The van der Waals surface area contributed by atoms with Gasteiger partial charge in [0, 0.05) is 23.9 Å². The lowest BCUT2D eigenvalue weighted by molar-refractivity contribution is 0.719. The molecule has 1 unspecified atom stereocenters. The van der Waals surface area contributed by atoms with Crippen molar-refractivity contribution in [3.05, 3.63) is 15.9 Å². The summed E-state index contributed by atoms with van der Waals surface area (Å²) in [6.45, 7) is 4.35. The van der Waals surface area contributed by atoms with Gasteiger partial charge < -0.3 is 0 Å². The first-order chi connectivity index (χ1) is 7.60. The first-order valence-corrected chi connectivity index (χ1v) is 7.85. The van der Waals surface area contributed by atoms with Crippen LogP contribution in [0.1, 0.15) is 31.7 Å². The maximum absolute atomic E-state index is 5.73. The minimum absolute atomic E-state index is 0.601. The zero-order valence-electron chi connectivity index (χ0n) is 9.96. The quantitative estimate of drug-likeness (QED) is 0.736. The van der Waals surface area contributed by atoms with Gasteiger partial charge >= 0.3 is 0 Å². The van der Waals surface area contributed by atoms with Gasteiger partial charge in [0.1, 0.15) is 0 Å². The van der Waals surface area contributed by atoms with Crippen LogP contribution in [-0.2, 0) is 19.2 Å². The fourth-order valence-corrected chi connectivity index (χ4v) is 3.89. The van der Waals surface area contributed by atoms with Crippen molar-refractivity contribution in [2.24, 2.45) is 7.05 Å². The molecule has 1 atom stereocenters. The van der Waals surface area contributed by atoms with Crippen molar-refractivity contribution in [2.45, 2.75) is 37.7 Å². The fourth-order valence-electron chi connectivity index (χ4n) is 1.43. The van der Waals surface area contributed by atoms with E-state index in [1.165, 1.54) is 10.2 Å². The summed E-state index contributed by atoms with van der Waals surface area (Å²) >= 11 is 11.3. The third-order valence-electron chi connectivity index (χ3n) is 2.52. The van der Waals surface area contributed by atoms with E-state index >= 15 is 0 Å². The number of nitrogens with zero attached hydrogens (tertiary/aromatic N) is 2. The fraction of sp³-hybridized carbons (Fsp3) is 0.727. The highest BCUT2D eigenvalue weighted by Gasteiger charge is 2.13. The normalized spacial score (nSPS) is 13.1. The van der Waals surface area contributed by atoms with Gasteiger partial charge in [0.25, 0.3) is 0 Å². The van der Waals surface area contributed by atoms with Gasteiger partial charge in [-0.3, -0.25) is 4.68 Å². The van der Waals surface area contributed by atoms with E-state index in [2.05, 4.69) is 34.9 Å². The maximum Gasteiger partial charge on any atom is 0.0767 e. The predicted octanol–water partition coefficient (Wildman–Crippen LogP) is 4.00. The van der Waals surface area contributed by atoms with Crippen molar-refractivity contribution in [3.63, 3.8) is 0 Å². The lowest BCUT2D eigenvalue weighted by Gasteiger charge is -2.09. The molecule has 0 bridgehead atoms. The minimum atomic E-state index is 0.601. The highest BCUT2D eigenvalue weighted by molar-refractivity contribution is 9.10. The molecule has 1 heterocycles. The molecule has 0 saturated heterocycles. The van der Waals surface area contributed by atoms with Crippen LogP contribution in [-0.4, -0.2) is 20.9 Å². The molecule has 0 spiro atoms. The van der Waals surface area contributed by atoms with Gasteiger partial charge in [0.05, 0.1) is 15.9 Å². The molecule has 5 heteroatoms. The number of halogens is 2. The van der Waals surface area contributed by atoms with Crippen LogP contribution in [0.5, 0.6) is 0 Å². The topological polar surface area (TPSA) is 17.8 Å². The molecule has 0 saturated carbocycles. The number of aromatic nitrogens is 2. The molecule has 0 aromatic carbocycles. The Morgan fingerprint density at radius 2 is 2.25 bits per heavy atom. The van der Waals surface area contributed by atoms with E-state index in [0.29, 0.717) is 5.25 Å². The molecule has 1 aromatic heterocycles. The Kier molecular flexibility index (Phi) is 6.22.